The first-order valence-corrected chi connectivity index (χ1v) is 19.5. The molecule has 0 N–H and O–H groups in total. The van der Waals surface area contributed by atoms with Crippen molar-refractivity contribution in [1.82, 2.24) is 9.97 Å². The van der Waals surface area contributed by atoms with Crippen LogP contribution in [0.15, 0.2) is 91.3 Å². The molecule has 0 spiro atoms. The Morgan fingerprint density at radius 1 is 0.843 bits per heavy atom. The van der Waals surface area contributed by atoms with Gasteiger partial charge < -0.3 is 13.8 Å². The number of halogens is 2. The Kier molecular flexibility index (Phi) is 13.1. The fraction of sp³-hybridized carbons (Fsp3) is 0.390. The summed E-state index contributed by atoms with van der Waals surface area (Å²) in [6, 6.07) is 20.3. The molecule has 6 atom stereocenters. The quantitative estimate of drug-likeness (QED) is 0.113. The maximum Gasteiger partial charge on any atom is 0.336 e. The molecule has 6 rings (SSSR count). The second kappa shape index (κ2) is 17.5. The molecule has 1 aliphatic heterocycles. The van der Waals surface area contributed by atoms with E-state index in [0.717, 1.165) is 40.8 Å². The number of carbonyl (C=O) groups excluding carboxylic acids is 1. The summed E-state index contributed by atoms with van der Waals surface area (Å²) in [7, 11) is -3.16. The van der Waals surface area contributed by atoms with Crippen LogP contribution in [-0.2, 0) is 29.3 Å². The van der Waals surface area contributed by atoms with Crippen molar-refractivity contribution in [3.63, 3.8) is 0 Å². The number of cyclic esters (lactones) is 1. The van der Waals surface area contributed by atoms with Gasteiger partial charge in [0.25, 0.3) is 0 Å². The van der Waals surface area contributed by atoms with Crippen molar-refractivity contribution >= 4 is 19.6 Å². The monoisotopic (exact) mass is 716 g/mol. The number of hydrogen-bond donors (Lipinski definition) is 0. The summed E-state index contributed by atoms with van der Waals surface area (Å²) in [5.74, 6) is 1.03. The summed E-state index contributed by atoms with van der Waals surface area (Å²) in [6.07, 6.45) is 9.82. The van der Waals surface area contributed by atoms with Crippen LogP contribution in [0.25, 0.3) is 28.3 Å². The number of ether oxygens (including phenoxy) is 1. The third-order valence-electron chi connectivity index (χ3n) is 9.80. The first-order chi connectivity index (χ1) is 24.5. The number of aromatic nitrogens is 2. The summed E-state index contributed by atoms with van der Waals surface area (Å²) in [4.78, 5) is 21.1. The van der Waals surface area contributed by atoms with Gasteiger partial charge in [-0.25, -0.2) is 8.78 Å². The van der Waals surface area contributed by atoms with Gasteiger partial charge in [0.2, 0.25) is 0 Å². The highest BCUT2D eigenvalue weighted by atomic mass is 31.2. The maximum absolute atomic E-state index is 13.5. The van der Waals surface area contributed by atoms with Gasteiger partial charge in [-0.05, 0) is 98.5 Å². The topological polar surface area (TPSA) is 87.6 Å². The van der Waals surface area contributed by atoms with Crippen LogP contribution in [0.3, 0.4) is 0 Å². The molecule has 2 fully saturated rings. The van der Waals surface area contributed by atoms with Gasteiger partial charge in [-0.1, -0.05) is 62.7 Å². The summed E-state index contributed by atoms with van der Waals surface area (Å²) >= 11 is 0. The standard InChI is InChI=1S/C25H28FNO2.C16H19FNO3P/c1-4-21-15(2)12-23-24(16(3)29-25(23)28)22(21)11-10-20-9-8-18(14-27-20)17-6-5-7-19(26)13-17;1-3-20-22(19,21-4-2)12-16-9-8-14(11-18-16)13-6-5-7-15(17)10-13/h5-11,13-16,21-24H,4,12H2,1-3H3;5-11H,3-4,12H2,1-2H3/b11-10+;/t15-,16+,21+,22-,23+,24-;/m0./s1. The summed E-state index contributed by atoms with van der Waals surface area (Å²) in [6.45, 7) is 10.7. The molecule has 0 radical (unpaired) electrons. The van der Waals surface area contributed by atoms with Crippen molar-refractivity contribution in [3.05, 3.63) is 114 Å². The van der Waals surface area contributed by atoms with Gasteiger partial charge in [-0.2, -0.15) is 0 Å². The number of esters is 1. The smallest absolute Gasteiger partial charge is 0.336 e. The number of hydrogen-bond acceptors (Lipinski definition) is 7. The van der Waals surface area contributed by atoms with E-state index >= 15 is 0 Å². The van der Waals surface area contributed by atoms with Gasteiger partial charge in [0.05, 0.1) is 36.7 Å². The van der Waals surface area contributed by atoms with E-state index in [1.54, 1.807) is 44.4 Å². The van der Waals surface area contributed by atoms with Gasteiger partial charge >= 0.3 is 13.6 Å². The molecule has 1 saturated carbocycles. The molecule has 2 aromatic heterocycles. The minimum Gasteiger partial charge on any atom is -0.462 e. The third kappa shape index (κ3) is 9.65. The minimum absolute atomic E-state index is 0.0146. The molecule has 1 aliphatic carbocycles. The number of allylic oxidation sites excluding steroid dienone is 1. The SMILES string of the molecule is CCOP(=O)(Cc1ccc(-c2cccc(F)c2)cn1)OCC.CC[C@H]1[C@H](/C=C/c2ccc(-c3cccc(F)c3)cn2)[C@@H]2[C@@H](C)OC(=O)[C@@H]2C[C@@H]1C. The number of rotatable bonds is 11. The van der Waals surface area contributed by atoms with Crippen molar-refractivity contribution < 1.29 is 31.9 Å². The first kappa shape index (κ1) is 38.2. The second-order valence-electron chi connectivity index (χ2n) is 13.2. The highest BCUT2D eigenvalue weighted by Crippen LogP contribution is 2.51. The molecular formula is C41H47F2N2O5P. The second-order valence-corrected chi connectivity index (χ2v) is 15.2. The Bertz CT molecular complexity index is 1820. The molecule has 3 heterocycles. The molecule has 0 unspecified atom stereocenters. The lowest BCUT2D eigenvalue weighted by Crippen LogP contribution is -2.40. The van der Waals surface area contributed by atoms with Crippen molar-refractivity contribution in [2.45, 2.75) is 59.7 Å². The molecule has 0 amide bonds. The number of fused-ring (bicyclic) bond motifs is 1. The van der Waals surface area contributed by atoms with E-state index in [2.05, 4.69) is 36.0 Å². The Hall–Kier alpha value is -4.04. The van der Waals surface area contributed by atoms with Gasteiger partial charge in [-0.15, -0.1) is 0 Å². The number of benzene rings is 2. The van der Waals surface area contributed by atoms with Gasteiger partial charge in [0.15, 0.2) is 0 Å². The highest BCUT2D eigenvalue weighted by molar-refractivity contribution is 7.53. The predicted molar refractivity (Wildman–Crippen MR) is 196 cm³/mol. The highest BCUT2D eigenvalue weighted by Gasteiger charge is 2.52. The third-order valence-corrected chi connectivity index (χ3v) is 11.8. The first-order valence-electron chi connectivity index (χ1n) is 17.7. The van der Waals surface area contributed by atoms with E-state index < -0.39 is 7.60 Å². The average molecular weight is 717 g/mol. The number of pyridine rings is 2. The zero-order valence-electron chi connectivity index (χ0n) is 29.9. The maximum atomic E-state index is 13.5. The van der Waals surface area contributed by atoms with Crippen LogP contribution in [0.2, 0.25) is 0 Å². The van der Waals surface area contributed by atoms with Crippen molar-refractivity contribution in [2.24, 2.45) is 29.6 Å². The van der Waals surface area contributed by atoms with Crippen LogP contribution < -0.4 is 0 Å². The van der Waals surface area contributed by atoms with Crippen LogP contribution in [0, 0.1) is 41.2 Å². The Balaban J connectivity index is 0.000000206. The van der Waals surface area contributed by atoms with Gasteiger partial charge in [-0.3, -0.25) is 19.3 Å². The molecule has 270 valence electrons. The lowest BCUT2D eigenvalue weighted by molar-refractivity contribution is -0.144. The summed E-state index contributed by atoms with van der Waals surface area (Å²) < 4.78 is 55.2. The van der Waals surface area contributed by atoms with Crippen molar-refractivity contribution in [1.29, 1.82) is 0 Å². The molecule has 2 aliphatic rings. The van der Waals surface area contributed by atoms with E-state index in [-0.39, 0.29) is 41.7 Å². The fourth-order valence-electron chi connectivity index (χ4n) is 7.48. The van der Waals surface area contributed by atoms with E-state index in [0.29, 0.717) is 36.7 Å². The van der Waals surface area contributed by atoms with Crippen molar-refractivity contribution in [3.8, 4) is 22.3 Å². The number of nitrogens with zero attached hydrogens (tertiary/aromatic N) is 2. The van der Waals surface area contributed by atoms with Crippen molar-refractivity contribution in [2.75, 3.05) is 13.2 Å². The molecular weight excluding hydrogens is 669 g/mol. The Labute approximate surface area is 300 Å². The van der Waals surface area contributed by atoms with Crippen LogP contribution in [0.4, 0.5) is 8.78 Å². The van der Waals surface area contributed by atoms with Gasteiger partial charge in [0.1, 0.15) is 17.7 Å². The molecule has 10 heteroatoms. The molecule has 51 heavy (non-hydrogen) atoms. The molecule has 4 aromatic rings. The summed E-state index contributed by atoms with van der Waals surface area (Å²) in [5.41, 5.74) is 4.74. The van der Waals surface area contributed by atoms with Crippen LogP contribution in [0.5, 0.6) is 0 Å². The van der Waals surface area contributed by atoms with E-state index in [1.165, 1.54) is 24.3 Å². The zero-order chi connectivity index (χ0) is 36.5. The fourth-order valence-corrected chi connectivity index (χ4v) is 9.11. The van der Waals surface area contributed by atoms with Crippen LogP contribution in [-0.4, -0.2) is 35.3 Å². The zero-order valence-corrected chi connectivity index (χ0v) is 30.8. The largest absolute Gasteiger partial charge is 0.462 e. The molecule has 0 bridgehead atoms. The van der Waals surface area contributed by atoms with E-state index in [9.17, 15) is 18.1 Å². The lowest BCUT2D eigenvalue weighted by atomic mass is 9.61. The van der Waals surface area contributed by atoms with Crippen LogP contribution >= 0.6 is 7.60 Å². The Morgan fingerprint density at radius 3 is 1.96 bits per heavy atom. The molecule has 1 saturated heterocycles. The minimum atomic E-state index is -3.16. The van der Waals surface area contributed by atoms with E-state index in [1.807, 2.05) is 37.3 Å². The Morgan fingerprint density at radius 2 is 1.45 bits per heavy atom. The predicted octanol–water partition coefficient (Wildman–Crippen LogP) is 10.4. The van der Waals surface area contributed by atoms with E-state index in [4.69, 9.17) is 13.8 Å². The normalized spacial score (nSPS) is 23.0. The van der Waals surface area contributed by atoms with Crippen LogP contribution in [0.1, 0.15) is 58.8 Å². The number of carbonyl (C=O) groups is 1. The van der Waals surface area contributed by atoms with Gasteiger partial charge in [0, 0.05) is 29.4 Å². The summed E-state index contributed by atoms with van der Waals surface area (Å²) in [5, 5.41) is 0. The lowest BCUT2D eigenvalue weighted by Gasteiger charge is -2.41. The average Bonchev–Trinajstić information content (AvgIpc) is 3.39. The molecule has 2 aromatic carbocycles. The molecule has 7 nitrogen and oxygen atoms in total.